The van der Waals surface area contributed by atoms with Crippen molar-refractivity contribution in [1.29, 1.82) is 5.41 Å². The van der Waals surface area contributed by atoms with E-state index in [2.05, 4.69) is 19.2 Å². The molecule has 0 aliphatic heterocycles. The van der Waals surface area contributed by atoms with E-state index in [0.29, 0.717) is 5.56 Å². The fourth-order valence-corrected chi connectivity index (χ4v) is 5.14. The average molecular weight is 514 g/mol. The van der Waals surface area contributed by atoms with E-state index in [-0.39, 0.29) is 17.7 Å². The highest BCUT2D eigenvalue weighted by Gasteiger charge is 2.18. The van der Waals surface area contributed by atoms with Crippen LogP contribution in [0.25, 0.3) is 0 Å². The van der Waals surface area contributed by atoms with E-state index >= 15 is 0 Å². The number of hydrogen-bond acceptors (Lipinski definition) is 2. The van der Waals surface area contributed by atoms with Crippen molar-refractivity contribution in [3.05, 3.63) is 29.8 Å². The lowest BCUT2D eigenvalue weighted by Gasteiger charge is -2.17. The molecule has 1 aromatic rings. The third kappa shape index (κ3) is 18.1. The maximum Gasteiger partial charge on any atom is 0.227 e. The molecule has 0 atom stereocenters. The molecular weight excluding hydrogens is 454 g/mol. The first-order valence-corrected chi connectivity index (χ1v) is 15.8. The standard InChI is InChI=1S/C33H59N3O/c1-3-5-7-9-11-13-15-17-19-21-23-30(24-22-20-18-16-14-12-10-8-6-4-2)33(37)36-31-27-25-29(26-28-31)32(34)35/h25-28,30H,3-24H2,1-2H3,(H3,34,35)(H,36,37). The lowest BCUT2D eigenvalue weighted by atomic mass is 9.93. The Hall–Kier alpha value is -1.84. The Morgan fingerprint density at radius 2 is 1.00 bits per heavy atom. The van der Waals surface area contributed by atoms with E-state index < -0.39 is 0 Å². The van der Waals surface area contributed by atoms with Crippen molar-refractivity contribution in [2.45, 2.75) is 155 Å². The number of anilines is 1. The van der Waals surface area contributed by atoms with Crippen molar-refractivity contribution in [3.63, 3.8) is 0 Å². The maximum atomic E-state index is 13.1. The van der Waals surface area contributed by atoms with Crippen LogP contribution in [0.5, 0.6) is 0 Å². The van der Waals surface area contributed by atoms with Gasteiger partial charge in [-0.3, -0.25) is 10.2 Å². The Labute approximate surface area is 229 Å². The first kappa shape index (κ1) is 33.2. The number of amides is 1. The van der Waals surface area contributed by atoms with Crippen LogP contribution in [0.2, 0.25) is 0 Å². The van der Waals surface area contributed by atoms with Gasteiger partial charge in [0.15, 0.2) is 0 Å². The third-order valence-electron chi connectivity index (χ3n) is 7.65. The first-order valence-electron chi connectivity index (χ1n) is 15.8. The maximum absolute atomic E-state index is 13.1. The SMILES string of the molecule is CCCCCCCCCCCCC(CCCCCCCCCCCC)C(=O)Nc1ccc(C(=N)N)cc1. The fourth-order valence-electron chi connectivity index (χ4n) is 5.14. The van der Waals surface area contributed by atoms with Crippen LogP contribution in [0.15, 0.2) is 24.3 Å². The van der Waals surface area contributed by atoms with Gasteiger partial charge in [0.2, 0.25) is 5.91 Å². The number of carbonyl (C=O) groups excluding carboxylic acids is 1. The molecular formula is C33H59N3O. The minimum absolute atomic E-state index is 0.0534. The van der Waals surface area contributed by atoms with Crippen molar-refractivity contribution in [1.82, 2.24) is 0 Å². The topological polar surface area (TPSA) is 79.0 Å². The second-order valence-corrected chi connectivity index (χ2v) is 11.1. The van der Waals surface area contributed by atoms with Gasteiger partial charge in [-0.2, -0.15) is 0 Å². The van der Waals surface area contributed by atoms with Crippen LogP contribution in [0.4, 0.5) is 5.69 Å². The van der Waals surface area contributed by atoms with Crippen LogP contribution in [0.3, 0.4) is 0 Å². The highest BCUT2D eigenvalue weighted by molar-refractivity contribution is 5.96. The van der Waals surface area contributed by atoms with Gasteiger partial charge in [-0.15, -0.1) is 0 Å². The summed E-state index contributed by atoms with van der Waals surface area (Å²) in [5.74, 6) is 0.302. The Kier molecular flexibility index (Phi) is 20.9. The van der Waals surface area contributed by atoms with Crippen molar-refractivity contribution in [2.24, 2.45) is 11.7 Å². The first-order chi connectivity index (χ1) is 18.1. The number of rotatable bonds is 25. The van der Waals surface area contributed by atoms with Crippen LogP contribution in [0.1, 0.15) is 161 Å². The Balaban J connectivity index is 2.36. The second kappa shape index (κ2) is 23.3. The number of nitrogens with two attached hydrogens (primary N) is 1. The molecule has 37 heavy (non-hydrogen) atoms. The molecule has 0 radical (unpaired) electrons. The van der Waals surface area contributed by atoms with Crippen LogP contribution in [-0.4, -0.2) is 11.7 Å². The Morgan fingerprint density at radius 1 is 0.649 bits per heavy atom. The molecule has 0 fully saturated rings. The Morgan fingerprint density at radius 3 is 1.35 bits per heavy atom. The van der Waals surface area contributed by atoms with E-state index in [9.17, 15) is 4.79 Å². The van der Waals surface area contributed by atoms with Gasteiger partial charge in [-0.05, 0) is 37.1 Å². The summed E-state index contributed by atoms with van der Waals surface area (Å²) < 4.78 is 0. The van der Waals surface area contributed by atoms with Crippen LogP contribution in [0, 0.1) is 11.3 Å². The molecule has 4 heteroatoms. The number of nitrogens with one attached hydrogen (secondary N) is 2. The molecule has 0 aliphatic rings. The van der Waals surface area contributed by atoms with Gasteiger partial charge in [0.05, 0.1) is 0 Å². The monoisotopic (exact) mass is 513 g/mol. The molecule has 0 aliphatic carbocycles. The van der Waals surface area contributed by atoms with Gasteiger partial charge in [0.25, 0.3) is 0 Å². The summed E-state index contributed by atoms with van der Waals surface area (Å²) in [6.45, 7) is 4.54. The Bertz CT molecular complexity index is 661. The fraction of sp³-hybridized carbons (Fsp3) is 0.758. The average Bonchev–Trinajstić information content (AvgIpc) is 2.89. The zero-order chi connectivity index (χ0) is 27.0. The quantitative estimate of drug-likeness (QED) is 0.0690. The molecule has 0 unspecified atom stereocenters. The summed E-state index contributed by atoms with van der Waals surface area (Å²) in [6.07, 6.45) is 28.5. The van der Waals surface area contributed by atoms with Crippen molar-refractivity contribution in [2.75, 3.05) is 5.32 Å². The van der Waals surface area contributed by atoms with E-state index in [0.717, 1.165) is 31.4 Å². The highest BCUT2D eigenvalue weighted by atomic mass is 16.1. The summed E-state index contributed by atoms with van der Waals surface area (Å²) in [4.78, 5) is 13.1. The normalized spacial score (nSPS) is 11.2. The molecule has 1 rings (SSSR count). The van der Waals surface area contributed by atoms with Gasteiger partial charge in [-0.1, -0.05) is 142 Å². The number of hydrogen-bond donors (Lipinski definition) is 3. The van der Waals surface area contributed by atoms with E-state index in [1.807, 2.05) is 12.1 Å². The van der Waals surface area contributed by atoms with E-state index in [4.69, 9.17) is 11.1 Å². The molecule has 0 bridgehead atoms. The molecule has 0 spiro atoms. The van der Waals surface area contributed by atoms with Crippen LogP contribution < -0.4 is 11.1 Å². The summed E-state index contributed by atoms with van der Waals surface area (Å²) in [6, 6.07) is 7.31. The molecule has 212 valence electrons. The van der Waals surface area contributed by atoms with E-state index in [1.54, 1.807) is 12.1 Å². The number of carbonyl (C=O) groups is 1. The molecule has 0 heterocycles. The zero-order valence-corrected chi connectivity index (χ0v) is 24.4. The van der Waals surface area contributed by atoms with Gasteiger partial charge in [-0.25, -0.2) is 0 Å². The molecule has 0 saturated heterocycles. The number of nitrogen functional groups attached to an aromatic ring is 1. The molecule has 1 aromatic carbocycles. The highest BCUT2D eigenvalue weighted by Crippen LogP contribution is 2.22. The molecule has 4 N–H and O–H groups in total. The van der Waals surface area contributed by atoms with Crippen molar-refractivity contribution >= 4 is 17.4 Å². The lowest BCUT2D eigenvalue weighted by Crippen LogP contribution is -2.23. The lowest BCUT2D eigenvalue weighted by molar-refractivity contribution is -0.120. The smallest absolute Gasteiger partial charge is 0.227 e. The summed E-state index contributed by atoms with van der Waals surface area (Å²) in [5.41, 5.74) is 7.04. The number of unbranched alkanes of at least 4 members (excludes halogenated alkanes) is 18. The van der Waals surface area contributed by atoms with Gasteiger partial charge in [0, 0.05) is 17.2 Å². The summed E-state index contributed by atoms with van der Waals surface area (Å²) >= 11 is 0. The predicted octanol–water partition coefficient (Wildman–Crippen LogP) is 10.1. The van der Waals surface area contributed by atoms with E-state index in [1.165, 1.54) is 116 Å². The largest absolute Gasteiger partial charge is 0.384 e. The predicted molar refractivity (Wildman–Crippen MR) is 162 cm³/mol. The number of benzene rings is 1. The van der Waals surface area contributed by atoms with Gasteiger partial charge >= 0.3 is 0 Å². The third-order valence-corrected chi connectivity index (χ3v) is 7.65. The number of amidine groups is 1. The zero-order valence-electron chi connectivity index (χ0n) is 24.4. The van der Waals surface area contributed by atoms with Crippen LogP contribution >= 0.6 is 0 Å². The minimum Gasteiger partial charge on any atom is -0.384 e. The van der Waals surface area contributed by atoms with Gasteiger partial charge in [0.1, 0.15) is 5.84 Å². The molecule has 0 saturated carbocycles. The summed E-state index contributed by atoms with van der Waals surface area (Å²) in [7, 11) is 0. The molecule has 0 aromatic heterocycles. The molecule has 1 amide bonds. The minimum atomic E-state index is 0.0534. The van der Waals surface area contributed by atoms with Crippen molar-refractivity contribution in [3.8, 4) is 0 Å². The second-order valence-electron chi connectivity index (χ2n) is 11.1. The van der Waals surface area contributed by atoms with Crippen molar-refractivity contribution < 1.29 is 4.79 Å². The van der Waals surface area contributed by atoms with Crippen LogP contribution in [-0.2, 0) is 4.79 Å². The molecule has 4 nitrogen and oxygen atoms in total. The summed E-state index contributed by atoms with van der Waals surface area (Å²) in [5, 5.41) is 10.7. The van der Waals surface area contributed by atoms with Gasteiger partial charge < -0.3 is 11.1 Å².